The molecule has 23 heavy (non-hydrogen) atoms. The van der Waals surface area contributed by atoms with Gasteiger partial charge in [0.1, 0.15) is 0 Å². The van der Waals surface area contributed by atoms with Crippen molar-refractivity contribution in [3.05, 3.63) is 35.4 Å². The van der Waals surface area contributed by atoms with Gasteiger partial charge >= 0.3 is 0 Å². The quantitative estimate of drug-likeness (QED) is 0.578. The molecule has 1 atom stereocenters. The van der Waals surface area contributed by atoms with Gasteiger partial charge in [0.15, 0.2) is 0 Å². The van der Waals surface area contributed by atoms with Crippen LogP contribution in [-0.2, 0) is 11.2 Å². The van der Waals surface area contributed by atoms with Gasteiger partial charge in [-0.3, -0.25) is 4.79 Å². The monoisotopic (exact) mass is 351 g/mol. The number of hydrogen-bond donors (Lipinski definition) is 0. The average molecular weight is 352 g/mol. The highest BCUT2D eigenvalue weighted by molar-refractivity contribution is 8.14. The summed E-state index contributed by atoms with van der Waals surface area (Å²) >= 11 is 3.12. The average Bonchev–Trinajstić information content (AvgIpc) is 2.52. The minimum Gasteiger partial charge on any atom is -0.378 e. The second-order valence-electron chi connectivity index (χ2n) is 5.55. The van der Waals surface area contributed by atoms with Crippen LogP contribution in [0.15, 0.2) is 24.3 Å². The van der Waals surface area contributed by atoms with E-state index in [2.05, 4.69) is 13.0 Å². The van der Waals surface area contributed by atoms with E-state index in [0.717, 1.165) is 17.7 Å². The maximum Gasteiger partial charge on any atom is 0.219 e. The van der Waals surface area contributed by atoms with Gasteiger partial charge in [0, 0.05) is 28.7 Å². The fourth-order valence-corrected chi connectivity index (χ4v) is 3.56. The third kappa shape index (κ3) is 9.04. The van der Waals surface area contributed by atoms with Crippen molar-refractivity contribution >= 4 is 28.6 Å². The molecular weight excluding hydrogens is 326 g/mol. The second-order valence-corrected chi connectivity index (χ2v) is 8.16. The molecule has 0 fully saturated rings. The van der Waals surface area contributed by atoms with Crippen molar-refractivity contribution in [3.63, 3.8) is 0 Å². The summed E-state index contributed by atoms with van der Waals surface area (Å²) in [6, 6.07) is 10.0. The predicted molar refractivity (Wildman–Crippen MR) is 100 cm³/mol. The van der Waals surface area contributed by atoms with E-state index in [1.165, 1.54) is 17.3 Å². The summed E-state index contributed by atoms with van der Waals surface area (Å²) in [7, 11) is 0. The highest BCUT2D eigenvalue weighted by atomic mass is 32.2. The molecule has 0 spiro atoms. The first kappa shape index (κ1) is 20.1. The van der Waals surface area contributed by atoms with Crippen LogP contribution in [0.1, 0.15) is 43.1 Å². The van der Waals surface area contributed by atoms with Gasteiger partial charge in [-0.05, 0) is 25.8 Å². The number of thioether (sulfide) groups is 2. The highest BCUT2D eigenvalue weighted by Gasteiger charge is 2.08. The molecule has 1 aromatic carbocycles. The molecule has 0 heterocycles. The second kappa shape index (κ2) is 11.6. The van der Waals surface area contributed by atoms with Gasteiger partial charge < -0.3 is 4.74 Å². The van der Waals surface area contributed by atoms with Crippen molar-refractivity contribution in [1.29, 1.82) is 5.26 Å². The lowest BCUT2D eigenvalue weighted by molar-refractivity contribution is 0.0915. The molecule has 0 bridgehead atoms. The molecule has 0 radical (unpaired) electrons. The standard InChI is InChI=1S/C18H25NO2S2/c1-14(2)21-10-12-23-18(20)17-7-5-16(6-8-17)13-15(3)22-11-4-9-19/h5-8,14-15H,4,10-13H2,1-3H3. The van der Waals surface area contributed by atoms with E-state index >= 15 is 0 Å². The number of ether oxygens (including phenoxy) is 1. The van der Waals surface area contributed by atoms with Gasteiger partial charge in [-0.15, -0.1) is 0 Å². The molecule has 126 valence electrons. The van der Waals surface area contributed by atoms with Crippen LogP contribution in [0.4, 0.5) is 0 Å². The number of nitrogens with zero attached hydrogens (tertiary/aromatic N) is 1. The van der Waals surface area contributed by atoms with Crippen molar-refractivity contribution < 1.29 is 9.53 Å². The number of carbonyl (C=O) groups excluding carboxylic acids is 1. The van der Waals surface area contributed by atoms with Gasteiger partial charge in [0.25, 0.3) is 0 Å². The number of carbonyl (C=O) groups is 1. The Labute approximate surface area is 148 Å². The molecule has 0 aliphatic carbocycles. The Morgan fingerprint density at radius 3 is 2.52 bits per heavy atom. The highest BCUT2D eigenvalue weighted by Crippen LogP contribution is 2.19. The van der Waals surface area contributed by atoms with Crippen LogP contribution < -0.4 is 0 Å². The number of rotatable bonds is 10. The molecule has 0 N–H and O–H groups in total. The third-order valence-electron chi connectivity index (χ3n) is 3.10. The van der Waals surface area contributed by atoms with Crippen LogP contribution >= 0.6 is 23.5 Å². The van der Waals surface area contributed by atoms with E-state index in [0.29, 0.717) is 24.0 Å². The summed E-state index contributed by atoms with van der Waals surface area (Å²) in [4.78, 5) is 12.1. The van der Waals surface area contributed by atoms with E-state index in [-0.39, 0.29) is 11.2 Å². The minimum atomic E-state index is 0.0975. The lowest BCUT2D eigenvalue weighted by Gasteiger charge is -2.10. The smallest absolute Gasteiger partial charge is 0.219 e. The largest absolute Gasteiger partial charge is 0.378 e. The van der Waals surface area contributed by atoms with Crippen molar-refractivity contribution in [3.8, 4) is 6.07 Å². The Hall–Kier alpha value is -0.960. The van der Waals surface area contributed by atoms with Gasteiger partial charge in [-0.2, -0.15) is 17.0 Å². The first-order valence-electron chi connectivity index (χ1n) is 7.89. The zero-order valence-corrected chi connectivity index (χ0v) is 15.7. The third-order valence-corrected chi connectivity index (χ3v) is 5.14. The van der Waals surface area contributed by atoms with Crippen LogP contribution in [0.2, 0.25) is 0 Å². The number of hydrogen-bond acceptors (Lipinski definition) is 5. The molecule has 1 unspecified atom stereocenters. The van der Waals surface area contributed by atoms with E-state index in [9.17, 15) is 4.79 Å². The molecule has 1 aromatic rings. The topological polar surface area (TPSA) is 50.1 Å². The summed E-state index contributed by atoms with van der Waals surface area (Å²) in [6.45, 7) is 6.75. The summed E-state index contributed by atoms with van der Waals surface area (Å²) < 4.78 is 5.44. The Kier molecular flexibility index (Phi) is 10.1. The van der Waals surface area contributed by atoms with Gasteiger partial charge in [-0.1, -0.05) is 43.0 Å². The summed E-state index contributed by atoms with van der Waals surface area (Å²) in [5, 5.41) is 9.13. The number of nitriles is 1. The molecule has 3 nitrogen and oxygen atoms in total. The summed E-state index contributed by atoms with van der Waals surface area (Å²) in [6.07, 6.45) is 1.76. The molecule has 5 heteroatoms. The lowest BCUT2D eigenvalue weighted by Crippen LogP contribution is -2.07. The summed E-state index contributed by atoms with van der Waals surface area (Å²) in [5.41, 5.74) is 1.97. The van der Waals surface area contributed by atoms with Gasteiger partial charge in [0.05, 0.1) is 18.8 Å². The Morgan fingerprint density at radius 1 is 1.22 bits per heavy atom. The van der Waals surface area contributed by atoms with Crippen LogP contribution in [0.25, 0.3) is 0 Å². The molecule has 0 aliphatic rings. The lowest BCUT2D eigenvalue weighted by atomic mass is 10.1. The summed E-state index contributed by atoms with van der Waals surface area (Å²) in [5.74, 6) is 1.56. The normalized spacial score (nSPS) is 12.1. The number of benzene rings is 1. The first-order chi connectivity index (χ1) is 11.0. The van der Waals surface area contributed by atoms with E-state index in [1.807, 2.05) is 49.9 Å². The van der Waals surface area contributed by atoms with E-state index < -0.39 is 0 Å². The fourth-order valence-electron chi connectivity index (χ4n) is 1.98. The Morgan fingerprint density at radius 2 is 1.91 bits per heavy atom. The maximum absolute atomic E-state index is 12.1. The van der Waals surface area contributed by atoms with Crippen LogP contribution in [0.3, 0.4) is 0 Å². The van der Waals surface area contributed by atoms with Gasteiger partial charge in [0.2, 0.25) is 5.12 Å². The van der Waals surface area contributed by atoms with Crippen LogP contribution in [-0.4, -0.2) is 34.6 Å². The zero-order valence-electron chi connectivity index (χ0n) is 14.1. The fraction of sp³-hybridized carbons (Fsp3) is 0.556. The zero-order chi connectivity index (χ0) is 17.1. The molecule has 0 aliphatic heterocycles. The van der Waals surface area contributed by atoms with Crippen molar-refractivity contribution in [1.82, 2.24) is 0 Å². The Bertz CT molecular complexity index is 509. The van der Waals surface area contributed by atoms with Gasteiger partial charge in [-0.25, -0.2) is 0 Å². The minimum absolute atomic E-state index is 0.0975. The van der Waals surface area contributed by atoms with Crippen molar-refractivity contribution in [2.75, 3.05) is 18.1 Å². The molecule has 0 aromatic heterocycles. The maximum atomic E-state index is 12.1. The predicted octanol–water partition coefficient (Wildman–Crippen LogP) is 4.56. The SMILES string of the molecule is CC(C)OCCSC(=O)c1ccc(CC(C)SCCC#N)cc1. The molecule has 1 rings (SSSR count). The molecule has 0 amide bonds. The Balaban J connectivity index is 2.37. The molecule has 0 saturated carbocycles. The van der Waals surface area contributed by atoms with E-state index in [1.54, 1.807) is 0 Å². The van der Waals surface area contributed by atoms with Crippen molar-refractivity contribution in [2.45, 2.75) is 45.0 Å². The van der Waals surface area contributed by atoms with Crippen LogP contribution in [0, 0.1) is 11.3 Å². The first-order valence-corrected chi connectivity index (χ1v) is 9.92. The molecule has 0 saturated heterocycles. The van der Waals surface area contributed by atoms with Crippen molar-refractivity contribution in [2.24, 2.45) is 0 Å². The van der Waals surface area contributed by atoms with E-state index in [4.69, 9.17) is 10.00 Å². The molecular formula is C18H25NO2S2. The van der Waals surface area contributed by atoms with Crippen LogP contribution in [0.5, 0.6) is 0 Å².